The summed E-state index contributed by atoms with van der Waals surface area (Å²) in [7, 11) is 0. The number of benzene rings is 3. The number of fused-ring (bicyclic) bond motifs is 2. The highest BCUT2D eigenvalue weighted by molar-refractivity contribution is 5.91. The van der Waals surface area contributed by atoms with E-state index < -0.39 is 5.63 Å². The van der Waals surface area contributed by atoms with Gasteiger partial charge in [0.1, 0.15) is 11.3 Å². The molecule has 1 aliphatic rings. The number of para-hydroxylation sites is 2. The predicted octanol–water partition coefficient (Wildman–Crippen LogP) is 5.76. The van der Waals surface area contributed by atoms with Gasteiger partial charge in [0, 0.05) is 30.4 Å². The van der Waals surface area contributed by atoms with Crippen LogP contribution in [0.5, 0.6) is 5.75 Å². The van der Waals surface area contributed by atoms with Crippen molar-refractivity contribution in [3.05, 3.63) is 107 Å². The minimum atomic E-state index is -0.500. The van der Waals surface area contributed by atoms with Crippen molar-refractivity contribution in [1.29, 1.82) is 0 Å². The molecule has 2 aromatic heterocycles. The Hall–Kier alpha value is -4.32. The second-order valence-electron chi connectivity index (χ2n) is 9.62. The summed E-state index contributed by atoms with van der Waals surface area (Å²) >= 11 is 0. The fraction of sp³-hybridized carbons (Fsp3) is 0.200. The van der Waals surface area contributed by atoms with E-state index in [1.807, 2.05) is 48.7 Å². The molecule has 0 atom stereocenters. The van der Waals surface area contributed by atoms with Crippen LogP contribution in [0.4, 0.5) is 5.69 Å². The topological polar surface area (TPSA) is 84.5 Å². The van der Waals surface area contributed by atoms with Crippen LogP contribution < -0.4 is 10.9 Å². The van der Waals surface area contributed by atoms with Crippen molar-refractivity contribution in [1.82, 2.24) is 4.57 Å². The van der Waals surface area contributed by atoms with E-state index in [0.717, 1.165) is 35.0 Å². The molecule has 5 aromatic rings. The van der Waals surface area contributed by atoms with Crippen molar-refractivity contribution in [2.45, 2.75) is 37.6 Å². The Balaban J connectivity index is 1.18. The Labute approximate surface area is 207 Å². The standard InChI is InChI=1S/C30H26N2O4/c33-27(13-17-32-16-12-20-6-1-3-10-25(20)32)31-22-8-5-7-21(18-22)30(14-15-30)19-24-28(34)23-9-2-4-11-26(23)36-29(24)35/h1-12,16,18,34H,13-15,17,19H2,(H,31,33). The van der Waals surface area contributed by atoms with Crippen LogP contribution in [0.2, 0.25) is 0 Å². The number of hydrogen-bond acceptors (Lipinski definition) is 4. The number of carbonyl (C=O) groups excluding carboxylic acids is 1. The molecule has 6 nitrogen and oxygen atoms in total. The van der Waals surface area contributed by atoms with Crippen molar-refractivity contribution in [2.75, 3.05) is 5.32 Å². The summed E-state index contributed by atoms with van der Waals surface area (Å²) in [5, 5.41) is 15.5. The molecular formula is C30H26N2O4. The monoisotopic (exact) mass is 478 g/mol. The van der Waals surface area contributed by atoms with E-state index in [-0.39, 0.29) is 17.1 Å². The number of carbonyl (C=O) groups is 1. The quantitative estimate of drug-likeness (QED) is 0.292. The number of aryl methyl sites for hydroxylation is 1. The average molecular weight is 479 g/mol. The molecule has 3 aromatic carbocycles. The van der Waals surface area contributed by atoms with Gasteiger partial charge in [-0.2, -0.15) is 0 Å². The third-order valence-corrected chi connectivity index (χ3v) is 7.26. The zero-order chi connectivity index (χ0) is 24.7. The van der Waals surface area contributed by atoms with E-state index in [2.05, 4.69) is 28.1 Å². The van der Waals surface area contributed by atoms with Crippen LogP contribution in [0, 0.1) is 0 Å². The summed E-state index contributed by atoms with van der Waals surface area (Å²) in [4.78, 5) is 25.4. The second kappa shape index (κ2) is 8.72. The molecule has 6 heteroatoms. The molecule has 0 spiro atoms. The summed E-state index contributed by atoms with van der Waals surface area (Å²) in [6, 6.07) is 25.0. The molecule has 1 saturated carbocycles. The fourth-order valence-corrected chi connectivity index (χ4v) is 5.09. The van der Waals surface area contributed by atoms with Crippen LogP contribution in [-0.4, -0.2) is 15.6 Å². The molecule has 0 saturated heterocycles. The molecule has 0 unspecified atom stereocenters. The van der Waals surface area contributed by atoms with Gasteiger partial charge >= 0.3 is 5.63 Å². The first-order chi connectivity index (χ1) is 17.5. The van der Waals surface area contributed by atoms with Gasteiger partial charge < -0.3 is 19.4 Å². The van der Waals surface area contributed by atoms with Gasteiger partial charge in [-0.05, 0) is 72.0 Å². The normalized spacial score (nSPS) is 14.2. The summed E-state index contributed by atoms with van der Waals surface area (Å²) < 4.78 is 7.56. The molecule has 6 rings (SSSR count). The van der Waals surface area contributed by atoms with Crippen LogP contribution in [0.1, 0.15) is 30.4 Å². The first-order valence-electron chi connectivity index (χ1n) is 12.2. The van der Waals surface area contributed by atoms with Gasteiger partial charge in [-0.1, -0.05) is 42.5 Å². The lowest BCUT2D eigenvalue weighted by molar-refractivity contribution is -0.116. The molecule has 36 heavy (non-hydrogen) atoms. The van der Waals surface area contributed by atoms with Crippen molar-refractivity contribution in [3.63, 3.8) is 0 Å². The Morgan fingerprint density at radius 3 is 2.67 bits per heavy atom. The molecule has 0 bridgehead atoms. The van der Waals surface area contributed by atoms with E-state index in [4.69, 9.17) is 4.42 Å². The molecule has 1 aliphatic carbocycles. The Kier molecular flexibility index (Phi) is 5.37. The zero-order valence-corrected chi connectivity index (χ0v) is 19.7. The first kappa shape index (κ1) is 22.2. The smallest absolute Gasteiger partial charge is 0.343 e. The van der Waals surface area contributed by atoms with Gasteiger partial charge in [0.05, 0.1) is 10.9 Å². The number of anilines is 1. The van der Waals surface area contributed by atoms with Crippen LogP contribution in [-0.2, 0) is 23.2 Å². The van der Waals surface area contributed by atoms with E-state index in [0.29, 0.717) is 35.9 Å². The molecule has 0 radical (unpaired) electrons. The van der Waals surface area contributed by atoms with Crippen LogP contribution in [0.15, 0.2) is 94.3 Å². The van der Waals surface area contributed by atoms with E-state index >= 15 is 0 Å². The van der Waals surface area contributed by atoms with Crippen molar-refractivity contribution < 1.29 is 14.3 Å². The first-order valence-corrected chi connectivity index (χ1v) is 12.2. The minimum absolute atomic E-state index is 0.00452. The number of nitrogens with one attached hydrogen (secondary N) is 1. The molecule has 180 valence electrons. The number of rotatable bonds is 7. The zero-order valence-electron chi connectivity index (χ0n) is 19.7. The number of aromatic nitrogens is 1. The lowest BCUT2D eigenvalue weighted by Crippen LogP contribution is -2.18. The summed E-state index contributed by atoms with van der Waals surface area (Å²) in [5.41, 5.74) is 2.83. The van der Waals surface area contributed by atoms with Crippen LogP contribution >= 0.6 is 0 Å². The third-order valence-electron chi connectivity index (χ3n) is 7.26. The van der Waals surface area contributed by atoms with Gasteiger partial charge in [0.2, 0.25) is 5.91 Å². The van der Waals surface area contributed by atoms with Crippen LogP contribution in [0.3, 0.4) is 0 Å². The van der Waals surface area contributed by atoms with E-state index in [1.54, 1.807) is 18.2 Å². The lowest BCUT2D eigenvalue weighted by Gasteiger charge is -2.18. The molecule has 0 aliphatic heterocycles. The fourth-order valence-electron chi connectivity index (χ4n) is 5.09. The number of nitrogens with zero attached hydrogens (tertiary/aromatic N) is 1. The molecular weight excluding hydrogens is 452 g/mol. The van der Waals surface area contributed by atoms with Gasteiger partial charge in [-0.25, -0.2) is 4.79 Å². The Morgan fingerprint density at radius 2 is 1.81 bits per heavy atom. The van der Waals surface area contributed by atoms with Gasteiger partial charge in [-0.3, -0.25) is 4.79 Å². The van der Waals surface area contributed by atoms with Crippen molar-refractivity contribution >= 4 is 33.5 Å². The highest BCUT2D eigenvalue weighted by atomic mass is 16.4. The van der Waals surface area contributed by atoms with Crippen molar-refractivity contribution in [3.8, 4) is 5.75 Å². The molecule has 2 heterocycles. The minimum Gasteiger partial charge on any atom is -0.507 e. The molecule has 2 N–H and O–H groups in total. The lowest BCUT2D eigenvalue weighted by atomic mass is 9.88. The van der Waals surface area contributed by atoms with Gasteiger partial charge in [0.15, 0.2) is 0 Å². The largest absolute Gasteiger partial charge is 0.507 e. The second-order valence-corrected chi connectivity index (χ2v) is 9.62. The number of aromatic hydroxyl groups is 1. The SMILES string of the molecule is O=C(CCn1ccc2ccccc21)Nc1cccc(C2(Cc3c(O)c4ccccc4oc3=O)CC2)c1. The number of hydrogen-bond donors (Lipinski definition) is 2. The maximum atomic E-state index is 12.7. The Morgan fingerprint density at radius 1 is 1.00 bits per heavy atom. The van der Waals surface area contributed by atoms with E-state index in [1.165, 1.54) is 0 Å². The van der Waals surface area contributed by atoms with Crippen molar-refractivity contribution in [2.24, 2.45) is 0 Å². The summed E-state index contributed by atoms with van der Waals surface area (Å²) in [6.45, 7) is 0.597. The van der Waals surface area contributed by atoms with E-state index in [9.17, 15) is 14.7 Å². The van der Waals surface area contributed by atoms with Gasteiger partial charge in [0.25, 0.3) is 0 Å². The average Bonchev–Trinajstić information content (AvgIpc) is 3.57. The number of amides is 1. The summed E-state index contributed by atoms with van der Waals surface area (Å²) in [6.07, 6.45) is 4.56. The third kappa shape index (κ3) is 4.05. The predicted molar refractivity (Wildman–Crippen MR) is 140 cm³/mol. The molecule has 1 fully saturated rings. The Bertz CT molecular complexity index is 1660. The van der Waals surface area contributed by atoms with Gasteiger partial charge in [-0.15, -0.1) is 0 Å². The summed E-state index contributed by atoms with van der Waals surface area (Å²) in [5.74, 6) is -0.0577. The maximum Gasteiger partial charge on any atom is 0.343 e. The highest BCUT2D eigenvalue weighted by Gasteiger charge is 2.45. The highest BCUT2D eigenvalue weighted by Crippen LogP contribution is 2.51. The maximum absolute atomic E-state index is 12.7. The molecule has 1 amide bonds. The van der Waals surface area contributed by atoms with Crippen LogP contribution in [0.25, 0.3) is 21.9 Å².